The number of rotatable bonds is 2. The fraction of sp³-hybridized carbons (Fsp3) is 0.200. The Labute approximate surface area is 99.9 Å². The van der Waals surface area contributed by atoms with Crippen LogP contribution in [0.1, 0.15) is 21.1 Å². The average Bonchev–Trinajstić information content (AvgIpc) is 2.79. The molecule has 0 fully saturated rings. The monoisotopic (exact) mass is 284 g/mol. The number of thiophene rings is 1. The minimum absolute atomic E-state index is 0.716. The molecule has 0 aliphatic carbocycles. The molecule has 0 saturated carbocycles. The molecule has 78 valence electrons. The summed E-state index contributed by atoms with van der Waals surface area (Å²) in [6.45, 7) is 3.94. The zero-order valence-electron chi connectivity index (χ0n) is 8.32. The third-order valence-corrected chi connectivity index (χ3v) is 4.27. The highest BCUT2D eigenvalue weighted by molar-refractivity contribution is 9.10. The van der Waals surface area contributed by atoms with Gasteiger partial charge in [0.2, 0.25) is 0 Å². The van der Waals surface area contributed by atoms with Crippen LogP contribution in [0, 0.1) is 13.8 Å². The highest BCUT2D eigenvalue weighted by Gasteiger charge is 2.11. The Morgan fingerprint density at radius 2 is 2.20 bits per heavy atom. The first-order valence-electron chi connectivity index (χ1n) is 4.40. The van der Waals surface area contributed by atoms with E-state index in [0.717, 1.165) is 27.1 Å². The van der Waals surface area contributed by atoms with Crippen LogP contribution in [0.4, 0.5) is 0 Å². The van der Waals surface area contributed by atoms with Gasteiger partial charge in [0, 0.05) is 0 Å². The molecule has 0 unspecified atom stereocenters. The smallest absolute Gasteiger partial charge is 0.160 e. The Morgan fingerprint density at radius 1 is 1.47 bits per heavy atom. The summed E-state index contributed by atoms with van der Waals surface area (Å²) in [7, 11) is 0. The lowest BCUT2D eigenvalue weighted by Crippen LogP contribution is -1.95. The van der Waals surface area contributed by atoms with Crippen molar-refractivity contribution < 1.29 is 4.79 Å². The molecule has 0 bridgehead atoms. The SMILES string of the molecule is Cc1nn(-c2ccc(C=O)s2)c(C)c1Br. The summed E-state index contributed by atoms with van der Waals surface area (Å²) in [6.07, 6.45) is 0.856. The Hall–Kier alpha value is -0.940. The molecule has 2 rings (SSSR count). The van der Waals surface area contributed by atoms with E-state index in [1.807, 2.05) is 24.6 Å². The van der Waals surface area contributed by atoms with Crippen molar-refractivity contribution >= 4 is 33.6 Å². The highest BCUT2D eigenvalue weighted by atomic mass is 79.9. The van der Waals surface area contributed by atoms with Gasteiger partial charge in [-0.1, -0.05) is 0 Å². The van der Waals surface area contributed by atoms with Crippen molar-refractivity contribution in [3.05, 3.63) is 32.9 Å². The first kappa shape index (κ1) is 10.6. The lowest BCUT2D eigenvalue weighted by Gasteiger charge is -1.98. The van der Waals surface area contributed by atoms with E-state index in [2.05, 4.69) is 21.0 Å². The number of aldehydes is 1. The molecule has 0 atom stereocenters. The van der Waals surface area contributed by atoms with Crippen molar-refractivity contribution in [2.75, 3.05) is 0 Å². The number of halogens is 1. The molecule has 0 aliphatic heterocycles. The molecule has 5 heteroatoms. The zero-order valence-corrected chi connectivity index (χ0v) is 10.7. The molecule has 0 amide bonds. The van der Waals surface area contributed by atoms with Crippen molar-refractivity contribution in [2.45, 2.75) is 13.8 Å². The van der Waals surface area contributed by atoms with Crippen molar-refractivity contribution in [3.8, 4) is 5.00 Å². The third kappa shape index (κ3) is 1.77. The normalized spacial score (nSPS) is 10.6. The number of nitrogens with zero attached hydrogens (tertiary/aromatic N) is 2. The van der Waals surface area contributed by atoms with Gasteiger partial charge in [0.15, 0.2) is 6.29 Å². The van der Waals surface area contributed by atoms with Gasteiger partial charge < -0.3 is 0 Å². The van der Waals surface area contributed by atoms with E-state index in [0.29, 0.717) is 4.88 Å². The lowest BCUT2D eigenvalue weighted by atomic mass is 10.4. The maximum absolute atomic E-state index is 10.6. The second-order valence-corrected chi connectivity index (χ2v) is 5.08. The second kappa shape index (κ2) is 3.90. The summed E-state index contributed by atoms with van der Waals surface area (Å²) >= 11 is 4.91. The summed E-state index contributed by atoms with van der Waals surface area (Å²) < 4.78 is 2.86. The van der Waals surface area contributed by atoms with Gasteiger partial charge in [0.05, 0.1) is 20.7 Å². The van der Waals surface area contributed by atoms with Crippen LogP contribution in [-0.2, 0) is 0 Å². The van der Waals surface area contributed by atoms with Crippen LogP contribution in [0.25, 0.3) is 5.00 Å². The van der Waals surface area contributed by atoms with Gasteiger partial charge in [-0.25, -0.2) is 4.68 Å². The first-order valence-corrected chi connectivity index (χ1v) is 6.01. The van der Waals surface area contributed by atoms with Crippen molar-refractivity contribution in [3.63, 3.8) is 0 Å². The van der Waals surface area contributed by atoms with Crippen LogP contribution in [0.2, 0.25) is 0 Å². The van der Waals surface area contributed by atoms with Gasteiger partial charge in [0.1, 0.15) is 5.00 Å². The summed E-state index contributed by atoms with van der Waals surface area (Å²) in [4.78, 5) is 11.3. The zero-order chi connectivity index (χ0) is 11.0. The molecule has 0 N–H and O–H groups in total. The molecular formula is C10H9BrN2OS. The van der Waals surface area contributed by atoms with Crippen molar-refractivity contribution in [1.29, 1.82) is 0 Å². The minimum atomic E-state index is 0.716. The number of carbonyl (C=O) groups excluding carboxylic acids is 1. The Bertz CT molecular complexity index is 515. The van der Waals surface area contributed by atoms with E-state index in [1.165, 1.54) is 11.3 Å². The molecule has 2 aromatic heterocycles. The van der Waals surface area contributed by atoms with E-state index >= 15 is 0 Å². The molecule has 0 radical (unpaired) electrons. The maximum atomic E-state index is 10.6. The predicted octanol–water partition coefficient (Wildman–Crippen LogP) is 3.13. The highest BCUT2D eigenvalue weighted by Crippen LogP contribution is 2.26. The summed E-state index contributed by atoms with van der Waals surface area (Å²) in [5, 5.41) is 5.35. The van der Waals surface area contributed by atoms with Crippen LogP contribution in [0.3, 0.4) is 0 Å². The largest absolute Gasteiger partial charge is 0.297 e. The third-order valence-electron chi connectivity index (χ3n) is 2.14. The van der Waals surface area contributed by atoms with Gasteiger partial charge >= 0.3 is 0 Å². The first-order chi connectivity index (χ1) is 7.13. The predicted molar refractivity (Wildman–Crippen MR) is 64.0 cm³/mol. The van der Waals surface area contributed by atoms with Crippen LogP contribution in [0.5, 0.6) is 0 Å². The Balaban J connectivity index is 2.53. The fourth-order valence-electron chi connectivity index (χ4n) is 1.36. The molecule has 2 heterocycles. The molecular weight excluding hydrogens is 276 g/mol. The fourth-order valence-corrected chi connectivity index (χ4v) is 2.43. The van der Waals surface area contributed by atoms with E-state index in [4.69, 9.17) is 0 Å². The minimum Gasteiger partial charge on any atom is -0.297 e. The van der Waals surface area contributed by atoms with Crippen LogP contribution in [-0.4, -0.2) is 16.1 Å². The summed E-state index contributed by atoms with van der Waals surface area (Å²) in [5.41, 5.74) is 2.00. The van der Waals surface area contributed by atoms with Crippen molar-refractivity contribution in [2.24, 2.45) is 0 Å². The molecule has 0 saturated heterocycles. The molecule has 0 spiro atoms. The van der Waals surface area contributed by atoms with Crippen molar-refractivity contribution in [1.82, 2.24) is 9.78 Å². The van der Waals surface area contributed by atoms with Gasteiger partial charge in [-0.3, -0.25) is 4.79 Å². The summed E-state index contributed by atoms with van der Waals surface area (Å²) in [5.74, 6) is 0. The van der Waals surface area contributed by atoms with E-state index in [-0.39, 0.29) is 0 Å². The Kier molecular flexibility index (Phi) is 2.75. The molecule has 0 aliphatic rings. The number of hydrogen-bond acceptors (Lipinski definition) is 3. The second-order valence-electron chi connectivity index (χ2n) is 3.19. The van der Waals surface area contributed by atoms with Crippen LogP contribution in [0.15, 0.2) is 16.6 Å². The Morgan fingerprint density at radius 3 is 2.67 bits per heavy atom. The molecule has 15 heavy (non-hydrogen) atoms. The number of aromatic nitrogens is 2. The number of hydrogen-bond donors (Lipinski definition) is 0. The van der Waals surface area contributed by atoms with Gasteiger partial charge in [-0.05, 0) is 41.9 Å². The summed E-state index contributed by atoms with van der Waals surface area (Å²) in [6, 6.07) is 3.71. The number of carbonyl (C=O) groups is 1. The van der Waals surface area contributed by atoms with E-state index < -0.39 is 0 Å². The van der Waals surface area contributed by atoms with Gasteiger partial charge in [-0.15, -0.1) is 11.3 Å². The van der Waals surface area contributed by atoms with Gasteiger partial charge in [0.25, 0.3) is 0 Å². The molecule has 3 nitrogen and oxygen atoms in total. The maximum Gasteiger partial charge on any atom is 0.160 e. The standard InChI is InChI=1S/C10H9BrN2OS/c1-6-10(11)7(2)13(12-6)9-4-3-8(5-14)15-9/h3-5H,1-2H3. The topological polar surface area (TPSA) is 34.9 Å². The van der Waals surface area contributed by atoms with Crippen LogP contribution < -0.4 is 0 Å². The van der Waals surface area contributed by atoms with E-state index in [1.54, 1.807) is 6.07 Å². The average molecular weight is 285 g/mol. The number of aryl methyl sites for hydroxylation is 1. The quantitative estimate of drug-likeness (QED) is 0.795. The van der Waals surface area contributed by atoms with Gasteiger partial charge in [-0.2, -0.15) is 5.10 Å². The van der Waals surface area contributed by atoms with Crippen LogP contribution >= 0.6 is 27.3 Å². The van der Waals surface area contributed by atoms with E-state index in [9.17, 15) is 4.79 Å². The molecule has 0 aromatic carbocycles. The molecule has 2 aromatic rings. The lowest BCUT2D eigenvalue weighted by molar-refractivity contribution is 0.112.